The predicted octanol–water partition coefficient (Wildman–Crippen LogP) is 1.99. The van der Waals surface area contributed by atoms with Gasteiger partial charge in [-0.1, -0.05) is 0 Å². The van der Waals surface area contributed by atoms with Crippen molar-refractivity contribution in [2.24, 2.45) is 0 Å². The van der Waals surface area contributed by atoms with Crippen molar-refractivity contribution in [1.82, 2.24) is 14.5 Å². The number of ether oxygens (including phenoxy) is 2. The SMILES string of the molecule is COc1ccc(N2CCN(C(=O)COC(=O)c3ccc(-n4c(C)c[nH]c4=O)cc3)CC2)cc1. The largest absolute Gasteiger partial charge is 0.497 e. The molecule has 0 saturated carbocycles. The van der Waals surface area contributed by atoms with E-state index in [2.05, 4.69) is 9.88 Å². The molecule has 3 aromatic rings. The molecule has 1 fully saturated rings. The van der Waals surface area contributed by atoms with E-state index in [4.69, 9.17) is 9.47 Å². The van der Waals surface area contributed by atoms with E-state index in [1.807, 2.05) is 31.2 Å². The van der Waals surface area contributed by atoms with E-state index in [9.17, 15) is 14.4 Å². The highest BCUT2D eigenvalue weighted by Gasteiger charge is 2.22. The number of benzene rings is 2. The minimum absolute atomic E-state index is 0.219. The van der Waals surface area contributed by atoms with Gasteiger partial charge in [-0.15, -0.1) is 0 Å². The average Bonchev–Trinajstić information content (AvgIpc) is 3.20. The van der Waals surface area contributed by atoms with Crippen LogP contribution in [0.25, 0.3) is 5.69 Å². The molecule has 1 aliphatic heterocycles. The first kappa shape index (κ1) is 22.2. The fraction of sp³-hybridized carbons (Fsp3) is 0.292. The Hall–Kier alpha value is -4.01. The second kappa shape index (κ2) is 9.64. The third-order valence-electron chi connectivity index (χ3n) is 5.72. The number of aromatic nitrogens is 2. The number of nitrogens with zero attached hydrogens (tertiary/aromatic N) is 3. The van der Waals surface area contributed by atoms with Crippen molar-refractivity contribution in [3.63, 3.8) is 0 Å². The quantitative estimate of drug-likeness (QED) is 0.577. The molecule has 172 valence electrons. The molecule has 4 rings (SSSR count). The Morgan fingerprint density at radius 1 is 0.939 bits per heavy atom. The van der Waals surface area contributed by atoms with Crippen molar-refractivity contribution in [2.45, 2.75) is 6.92 Å². The Morgan fingerprint density at radius 2 is 1.58 bits per heavy atom. The number of piperazine rings is 1. The number of aryl methyl sites for hydroxylation is 1. The van der Waals surface area contributed by atoms with E-state index >= 15 is 0 Å². The molecule has 1 aliphatic rings. The summed E-state index contributed by atoms with van der Waals surface area (Å²) < 4.78 is 11.9. The number of hydrogen-bond donors (Lipinski definition) is 1. The normalized spacial score (nSPS) is 13.6. The van der Waals surface area contributed by atoms with Crippen molar-refractivity contribution < 1.29 is 19.1 Å². The second-order valence-corrected chi connectivity index (χ2v) is 7.76. The van der Waals surface area contributed by atoms with Gasteiger partial charge in [0.25, 0.3) is 5.91 Å². The van der Waals surface area contributed by atoms with Crippen LogP contribution in [0.2, 0.25) is 0 Å². The van der Waals surface area contributed by atoms with Gasteiger partial charge in [0.05, 0.1) is 18.4 Å². The maximum Gasteiger partial charge on any atom is 0.338 e. The highest BCUT2D eigenvalue weighted by molar-refractivity contribution is 5.91. The molecule has 9 heteroatoms. The number of carbonyl (C=O) groups is 2. The zero-order valence-electron chi connectivity index (χ0n) is 18.6. The molecule has 9 nitrogen and oxygen atoms in total. The lowest BCUT2D eigenvalue weighted by atomic mass is 10.2. The van der Waals surface area contributed by atoms with Crippen LogP contribution in [0.15, 0.2) is 59.5 Å². The van der Waals surface area contributed by atoms with E-state index < -0.39 is 5.97 Å². The lowest BCUT2D eigenvalue weighted by Gasteiger charge is -2.36. The first-order valence-electron chi connectivity index (χ1n) is 10.7. The topological polar surface area (TPSA) is 96.9 Å². The van der Waals surface area contributed by atoms with Crippen molar-refractivity contribution in [2.75, 3.05) is 44.8 Å². The number of hydrogen-bond acceptors (Lipinski definition) is 6. The fourth-order valence-corrected chi connectivity index (χ4v) is 3.83. The van der Waals surface area contributed by atoms with Crippen LogP contribution in [-0.4, -0.2) is 66.2 Å². The smallest absolute Gasteiger partial charge is 0.338 e. The minimum atomic E-state index is -0.579. The van der Waals surface area contributed by atoms with Gasteiger partial charge in [-0.3, -0.25) is 9.36 Å². The summed E-state index contributed by atoms with van der Waals surface area (Å²) in [5.74, 6) is 0.00581. The number of aromatic amines is 1. The van der Waals surface area contributed by atoms with E-state index in [0.29, 0.717) is 37.4 Å². The number of imidazole rings is 1. The molecule has 1 aromatic heterocycles. The molecule has 1 saturated heterocycles. The predicted molar refractivity (Wildman–Crippen MR) is 123 cm³/mol. The summed E-state index contributed by atoms with van der Waals surface area (Å²) in [5, 5.41) is 0. The first-order valence-corrected chi connectivity index (χ1v) is 10.7. The Labute approximate surface area is 191 Å². The highest BCUT2D eigenvalue weighted by atomic mass is 16.5. The zero-order valence-corrected chi connectivity index (χ0v) is 18.6. The van der Waals surface area contributed by atoms with Crippen LogP contribution >= 0.6 is 0 Å². The van der Waals surface area contributed by atoms with Gasteiger partial charge in [-0.2, -0.15) is 0 Å². The Morgan fingerprint density at radius 3 is 2.15 bits per heavy atom. The van der Waals surface area contributed by atoms with Crippen LogP contribution < -0.4 is 15.3 Å². The molecule has 1 amide bonds. The number of carbonyl (C=O) groups excluding carboxylic acids is 2. The van der Waals surface area contributed by atoms with E-state index in [0.717, 1.165) is 17.1 Å². The van der Waals surface area contributed by atoms with E-state index in [1.54, 1.807) is 42.5 Å². The highest BCUT2D eigenvalue weighted by Crippen LogP contribution is 2.20. The summed E-state index contributed by atoms with van der Waals surface area (Å²) in [6.45, 7) is 4.02. The van der Waals surface area contributed by atoms with Crippen LogP contribution in [-0.2, 0) is 9.53 Å². The lowest BCUT2D eigenvalue weighted by molar-refractivity contribution is -0.134. The van der Waals surface area contributed by atoms with Crippen molar-refractivity contribution in [1.29, 1.82) is 0 Å². The molecule has 1 N–H and O–H groups in total. The summed E-state index contributed by atoms with van der Waals surface area (Å²) in [7, 11) is 1.63. The number of nitrogens with one attached hydrogen (secondary N) is 1. The van der Waals surface area contributed by atoms with Gasteiger partial charge < -0.3 is 24.3 Å². The maximum atomic E-state index is 12.5. The number of H-pyrrole nitrogens is 1. The first-order chi connectivity index (χ1) is 16.0. The molecule has 0 aliphatic carbocycles. The van der Waals surface area contributed by atoms with Crippen LogP contribution in [0.5, 0.6) is 5.75 Å². The number of amides is 1. The van der Waals surface area contributed by atoms with Gasteiger partial charge in [0.1, 0.15) is 5.75 Å². The van der Waals surface area contributed by atoms with Gasteiger partial charge in [0.2, 0.25) is 0 Å². The minimum Gasteiger partial charge on any atom is -0.497 e. The molecule has 2 aromatic carbocycles. The van der Waals surface area contributed by atoms with Crippen molar-refractivity contribution in [3.05, 3.63) is 76.5 Å². The van der Waals surface area contributed by atoms with Crippen molar-refractivity contribution in [3.8, 4) is 11.4 Å². The second-order valence-electron chi connectivity index (χ2n) is 7.76. The molecule has 0 unspecified atom stereocenters. The molecule has 2 heterocycles. The number of rotatable bonds is 6. The molecule has 0 atom stereocenters. The summed E-state index contributed by atoms with van der Waals surface area (Å²) in [6.07, 6.45) is 1.62. The third kappa shape index (κ3) is 4.92. The molecular weight excluding hydrogens is 424 g/mol. The zero-order chi connectivity index (χ0) is 23.4. The number of esters is 1. The van der Waals surface area contributed by atoms with Gasteiger partial charge in [-0.05, 0) is 55.5 Å². The van der Waals surface area contributed by atoms with Crippen LogP contribution in [0.4, 0.5) is 5.69 Å². The molecule has 33 heavy (non-hydrogen) atoms. The molecule has 0 radical (unpaired) electrons. The number of methoxy groups -OCH3 is 1. The lowest BCUT2D eigenvalue weighted by Crippen LogP contribution is -2.49. The van der Waals surface area contributed by atoms with Gasteiger partial charge in [0.15, 0.2) is 6.61 Å². The summed E-state index contributed by atoms with van der Waals surface area (Å²) >= 11 is 0. The maximum absolute atomic E-state index is 12.5. The Bertz CT molecular complexity index is 1170. The van der Waals surface area contributed by atoms with Gasteiger partial charge in [-0.25, -0.2) is 9.59 Å². The molecule has 0 spiro atoms. The van der Waals surface area contributed by atoms with E-state index in [1.165, 1.54) is 4.57 Å². The summed E-state index contributed by atoms with van der Waals surface area (Å²) in [5.41, 5.74) is 2.54. The van der Waals surface area contributed by atoms with Crippen molar-refractivity contribution >= 4 is 17.6 Å². The van der Waals surface area contributed by atoms with Gasteiger partial charge >= 0.3 is 11.7 Å². The van der Waals surface area contributed by atoms with Crippen LogP contribution in [0.1, 0.15) is 16.1 Å². The Balaban J connectivity index is 1.27. The number of anilines is 1. The Kier molecular flexibility index (Phi) is 6.48. The standard InChI is InChI=1S/C24H26N4O5/c1-17-15-25-24(31)28(17)20-5-3-18(4-6-20)23(30)33-16-22(29)27-13-11-26(12-14-27)19-7-9-21(32-2)10-8-19/h3-10,15H,11-14,16H2,1-2H3,(H,25,31). The molecule has 0 bridgehead atoms. The van der Waals surface area contributed by atoms with Gasteiger partial charge in [0, 0.05) is 43.8 Å². The fourth-order valence-electron chi connectivity index (χ4n) is 3.83. The summed E-state index contributed by atoms with van der Waals surface area (Å²) in [4.78, 5) is 43.3. The molecular formula is C24H26N4O5. The van der Waals surface area contributed by atoms with Crippen LogP contribution in [0.3, 0.4) is 0 Å². The average molecular weight is 450 g/mol. The van der Waals surface area contributed by atoms with Crippen LogP contribution in [0, 0.1) is 6.92 Å². The monoisotopic (exact) mass is 450 g/mol. The third-order valence-corrected chi connectivity index (χ3v) is 5.72. The van der Waals surface area contributed by atoms with E-state index in [-0.39, 0.29) is 18.2 Å². The summed E-state index contributed by atoms with van der Waals surface area (Å²) in [6, 6.07) is 14.3.